The molecule has 4 heteroatoms. The molecular weight excluding hydrogens is 146 g/mol. The summed E-state index contributed by atoms with van der Waals surface area (Å²) in [6, 6.07) is 0. The lowest BCUT2D eigenvalue weighted by Crippen LogP contribution is -2.46. The predicted octanol–water partition coefficient (Wildman–Crippen LogP) is -0.396. The first kappa shape index (κ1) is 7.78. The topological polar surface area (TPSA) is 55.4 Å². The Bertz CT molecular complexity index is 234. The maximum Gasteiger partial charge on any atom is 0.335 e. The van der Waals surface area contributed by atoms with Gasteiger partial charge < -0.3 is 10.1 Å². The number of hydrogen-bond acceptors (Lipinski definition) is 3. The van der Waals surface area contributed by atoms with Crippen LogP contribution >= 0.6 is 0 Å². The number of nitrogens with one attached hydrogen (secondary N) is 1. The van der Waals surface area contributed by atoms with Crippen LogP contribution in [0.25, 0.3) is 0 Å². The van der Waals surface area contributed by atoms with E-state index in [1.165, 1.54) is 19.3 Å². The largest absolute Gasteiger partial charge is 0.467 e. The van der Waals surface area contributed by atoms with Crippen LogP contribution in [0, 0.1) is 0 Å². The molecular formula is C7H9NO3. The van der Waals surface area contributed by atoms with E-state index in [0.29, 0.717) is 0 Å². The number of rotatable bonds is 1. The van der Waals surface area contributed by atoms with Crippen molar-refractivity contribution in [1.82, 2.24) is 5.32 Å². The highest BCUT2D eigenvalue weighted by Crippen LogP contribution is 2.12. The molecule has 0 aromatic rings. The number of hydrogen-bond donors (Lipinski definition) is 1. The molecule has 0 spiro atoms. The van der Waals surface area contributed by atoms with Crippen molar-refractivity contribution in [2.75, 3.05) is 7.11 Å². The number of carbonyl (C=O) groups excluding carboxylic acids is 2. The van der Waals surface area contributed by atoms with Gasteiger partial charge in [-0.15, -0.1) is 0 Å². The number of carbonyl (C=O) groups is 2. The normalized spacial score (nSPS) is 28.4. The zero-order valence-electron chi connectivity index (χ0n) is 6.38. The van der Waals surface area contributed by atoms with Gasteiger partial charge in [0.25, 0.3) is 0 Å². The Kier molecular flexibility index (Phi) is 1.68. The quantitative estimate of drug-likeness (QED) is 0.524. The van der Waals surface area contributed by atoms with Crippen molar-refractivity contribution in [3.05, 3.63) is 12.2 Å². The molecule has 0 aliphatic carbocycles. The molecule has 1 atom stereocenters. The van der Waals surface area contributed by atoms with E-state index in [0.717, 1.165) is 0 Å². The standard InChI is InChI=1S/C7H9NO3/c1-7(6(10)11-2)4-3-5(9)8-7/h3-4H,1-2H3,(H,8,9)/t7-/m1/s1. The SMILES string of the molecule is COC(=O)[C@@]1(C)C=CC(=O)N1. The number of methoxy groups -OCH3 is 1. The van der Waals surface area contributed by atoms with Gasteiger partial charge in [-0.25, -0.2) is 4.79 Å². The molecule has 1 aliphatic heterocycles. The summed E-state index contributed by atoms with van der Waals surface area (Å²) in [6.07, 6.45) is 2.80. The first-order valence-electron chi connectivity index (χ1n) is 3.18. The molecule has 60 valence electrons. The molecule has 1 heterocycles. The Morgan fingerprint density at radius 2 is 2.36 bits per heavy atom. The summed E-state index contributed by atoms with van der Waals surface area (Å²) in [7, 11) is 1.28. The molecule has 1 rings (SSSR count). The highest BCUT2D eigenvalue weighted by molar-refractivity contribution is 5.99. The second kappa shape index (κ2) is 2.38. The second-order valence-electron chi connectivity index (χ2n) is 2.52. The first-order valence-corrected chi connectivity index (χ1v) is 3.18. The minimum Gasteiger partial charge on any atom is -0.467 e. The summed E-state index contributed by atoms with van der Waals surface area (Å²) < 4.78 is 4.48. The molecule has 4 nitrogen and oxygen atoms in total. The molecule has 0 saturated heterocycles. The Morgan fingerprint density at radius 3 is 2.73 bits per heavy atom. The summed E-state index contributed by atoms with van der Waals surface area (Å²) in [6.45, 7) is 1.58. The van der Waals surface area contributed by atoms with Crippen molar-refractivity contribution in [1.29, 1.82) is 0 Å². The van der Waals surface area contributed by atoms with Gasteiger partial charge in [0, 0.05) is 6.08 Å². The fourth-order valence-corrected chi connectivity index (χ4v) is 0.913. The van der Waals surface area contributed by atoms with Crippen molar-refractivity contribution in [2.24, 2.45) is 0 Å². The Morgan fingerprint density at radius 1 is 1.73 bits per heavy atom. The third-order valence-electron chi connectivity index (χ3n) is 1.56. The van der Waals surface area contributed by atoms with Gasteiger partial charge in [-0.2, -0.15) is 0 Å². The maximum atomic E-state index is 11.0. The molecule has 1 aliphatic rings. The van der Waals surface area contributed by atoms with E-state index < -0.39 is 11.5 Å². The molecule has 0 unspecified atom stereocenters. The van der Waals surface area contributed by atoms with Crippen LogP contribution in [-0.4, -0.2) is 24.5 Å². The van der Waals surface area contributed by atoms with E-state index in [2.05, 4.69) is 10.1 Å². The molecule has 1 N–H and O–H groups in total. The van der Waals surface area contributed by atoms with E-state index in [1.807, 2.05) is 0 Å². The molecule has 0 aromatic carbocycles. The molecule has 0 fully saturated rings. The highest BCUT2D eigenvalue weighted by Gasteiger charge is 2.36. The highest BCUT2D eigenvalue weighted by atomic mass is 16.5. The third-order valence-corrected chi connectivity index (χ3v) is 1.56. The molecule has 1 amide bonds. The van der Waals surface area contributed by atoms with Gasteiger partial charge in [-0.3, -0.25) is 4.79 Å². The lowest BCUT2D eigenvalue weighted by molar-refractivity contribution is -0.146. The van der Waals surface area contributed by atoms with Crippen LogP contribution in [0.5, 0.6) is 0 Å². The van der Waals surface area contributed by atoms with Gasteiger partial charge in [-0.05, 0) is 13.0 Å². The van der Waals surface area contributed by atoms with Crippen LogP contribution in [0.1, 0.15) is 6.92 Å². The van der Waals surface area contributed by atoms with E-state index in [-0.39, 0.29) is 5.91 Å². The van der Waals surface area contributed by atoms with Crippen LogP contribution in [0.3, 0.4) is 0 Å². The Hall–Kier alpha value is -1.32. The maximum absolute atomic E-state index is 11.0. The van der Waals surface area contributed by atoms with E-state index in [9.17, 15) is 9.59 Å². The lowest BCUT2D eigenvalue weighted by Gasteiger charge is -2.18. The van der Waals surface area contributed by atoms with Crippen LogP contribution in [0.4, 0.5) is 0 Å². The smallest absolute Gasteiger partial charge is 0.335 e. The summed E-state index contributed by atoms with van der Waals surface area (Å²) in [5.74, 6) is -0.725. The molecule has 0 bridgehead atoms. The van der Waals surface area contributed by atoms with E-state index in [4.69, 9.17) is 0 Å². The van der Waals surface area contributed by atoms with Crippen LogP contribution in [0.2, 0.25) is 0 Å². The molecule has 0 aromatic heterocycles. The van der Waals surface area contributed by atoms with Crippen molar-refractivity contribution in [3.63, 3.8) is 0 Å². The van der Waals surface area contributed by atoms with Gasteiger partial charge >= 0.3 is 5.97 Å². The van der Waals surface area contributed by atoms with Gasteiger partial charge in [0.05, 0.1) is 7.11 Å². The second-order valence-corrected chi connectivity index (χ2v) is 2.52. The number of esters is 1. The average molecular weight is 155 g/mol. The van der Waals surface area contributed by atoms with Crippen molar-refractivity contribution in [2.45, 2.75) is 12.5 Å². The van der Waals surface area contributed by atoms with Crippen molar-refractivity contribution in [3.8, 4) is 0 Å². The van der Waals surface area contributed by atoms with E-state index >= 15 is 0 Å². The Balaban J connectivity index is 2.78. The van der Waals surface area contributed by atoms with Crippen LogP contribution in [-0.2, 0) is 14.3 Å². The number of ether oxygens (including phenoxy) is 1. The number of amides is 1. The summed E-state index contributed by atoms with van der Waals surface area (Å²) in [4.78, 5) is 21.7. The monoisotopic (exact) mass is 155 g/mol. The first-order chi connectivity index (χ1) is 5.08. The van der Waals surface area contributed by atoms with Crippen LogP contribution < -0.4 is 5.32 Å². The molecule has 11 heavy (non-hydrogen) atoms. The third kappa shape index (κ3) is 1.24. The fraction of sp³-hybridized carbons (Fsp3) is 0.429. The van der Waals surface area contributed by atoms with Crippen LogP contribution in [0.15, 0.2) is 12.2 Å². The van der Waals surface area contributed by atoms with Gasteiger partial charge in [0.15, 0.2) is 5.54 Å². The lowest BCUT2D eigenvalue weighted by atomic mass is 10.1. The van der Waals surface area contributed by atoms with Gasteiger partial charge in [0.2, 0.25) is 5.91 Å². The summed E-state index contributed by atoms with van der Waals surface area (Å²) in [5, 5.41) is 2.46. The zero-order valence-corrected chi connectivity index (χ0v) is 6.38. The predicted molar refractivity (Wildman–Crippen MR) is 37.7 cm³/mol. The minimum atomic E-state index is -0.966. The van der Waals surface area contributed by atoms with Gasteiger partial charge in [0.1, 0.15) is 0 Å². The zero-order chi connectivity index (χ0) is 8.48. The summed E-state index contributed by atoms with van der Waals surface area (Å²) >= 11 is 0. The summed E-state index contributed by atoms with van der Waals surface area (Å²) in [5.41, 5.74) is -0.966. The van der Waals surface area contributed by atoms with Crippen molar-refractivity contribution >= 4 is 11.9 Å². The van der Waals surface area contributed by atoms with Gasteiger partial charge in [-0.1, -0.05) is 0 Å². The molecule has 0 saturated carbocycles. The van der Waals surface area contributed by atoms with Crippen molar-refractivity contribution < 1.29 is 14.3 Å². The van der Waals surface area contributed by atoms with E-state index in [1.54, 1.807) is 6.92 Å². The fourth-order valence-electron chi connectivity index (χ4n) is 0.913. The molecule has 0 radical (unpaired) electrons. The average Bonchev–Trinajstić information content (AvgIpc) is 2.31. The Labute approximate surface area is 64.2 Å². The minimum absolute atomic E-state index is 0.266.